The van der Waals surface area contributed by atoms with Crippen LogP contribution in [0.1, 0.15) is 24.4 Å². The number of imidazole rings is 1. The minimum atomic E-state index is -0.771. The Balaban J connectivity index is 2.10. The van der Waals surface area contributed by atoms with Gasteiger partial charge in [0.2, 0.25) is 0 Å². The van der Waals surface area contributed by atoms with Crippen LogP contribution < -0.4 is 4.74 Å². The van der Waals surface area contributed by atoms with Crippen LogP contribution in [0.2, 0.25) is 0 Å². The summed E-state index contributed by atoms with van der Waals surface area (Å²) in [6.07, 6.45) is -0.771. The molecule has 0 fully saturated rings. The number of aryl methyl sites for hydroxylation is 1. The molecule has 0 aliphatic heterocycles. The van der Waals surface area contributed by atoms with E-state index in [4.69, 9.17) is 4.74 Å². The van der Waals surface area contributed by atoms with Crippen LogP contribution in [0.25, 0.3) is 11.0 Å². The van der Waals surface area contributed by atoms with Gasteiger partial charge in [-0.15, -0.1) is 0 Å². The summed E-state index contributed by atoms with van der Waals surface area (Å²) in [4.78, 5) is 4.59. The summed E-state index contributed by atoms with van der Waals surface area (Å²) in [5, 5.41) is 10.7. The molecule has 0 bridgehead atoms. The van der Waals surface area contributed by atoms with Gasteiger partial charge in [0, 0.05) is 6.54 Å². The van der Waals surface area contributed by atoms with Crippen LogP contribution in [0, 0.1) is 0 Å². The summed E-state index contributed by atoms with van der Waals surface area (Å²) >= 11 is 0. The van der Waals surface area contributed by atoms with E-state index in [9.17, 15) is 5.11 Å². The molecule has 0 saturated heterocycles. The number of methoxy groups -OCH3 is 1. The Bertz CT molecular complexity index is 764. The van der Waals surface area contributed by atoms with E-state index in [1.54, 1.807) is 7.11 Å². The highest BCUT2D eigenvalue weighted by molar-refractivity contribution is 5.76. The van der Waals surface area contributed by atoms with E-state index in [1.807, 2.05) is 53.1 Å². The Morgan fingerprint density at radius 3 is 2.76 bits per heavy atom. The van der Waals surface area contributed by atoms with E-state index < -0.39 is 6.10 Å². The summed E-state index contributed by atoms with van der Waals surface area (Å²) in [6.45, 7) is 2.81. The number of rotatable bonds is 4. The lowest BCUT2D eigenvalue weighted by Gasteiger charge is -2.13. The molecule has 4 heteroatoms. The Hall–Kier alpha value is -2.33. The maximum absolute atomic E-state index is 10.7. The van der Waals surface area contributed by atoms with Gasteiger partial charge >= 0.3 is 0 Å². The lowest BCUT2D eigenvalue weighted by molar-refractivity contribution is 0.205. The number of aromatic nitrogens is 2. The van der Waals surface area contributed by atoms with Crippen LogP contribution in [0.3, 0.4) is 0 Å². The molecule has 3 rings (SSSR count). The van der Waals surface area contributed by atoms with E-state index in [2.05, 4.69) is 11.9 Å². The number of ether oxygens (including phenoxy) is 1. The van der Waals surface area contributed by atoms with Crippen LogP contribution in [0.4, 0.5) is 0 Å². The van der Waals surface area contributed by atoms with Crippen LogP contribution in [0.5, 0.6) is 5.75 Å². The lowest BCUT2D eigenvalue weighted by atomic mass is 10.1. The summed E-state index contributed by atoms with van der Waals surface area (Å²) < 4.78 is 7.26. The SMILES string of the molecule is CCn1c(C(O)c2cccc(OC)c2)nc2ccccc21. The predicted molar refractivity (Wildman–Crippen MR) is 82.5 cm³/mol. The normalized spacial score (nSPS) is 12.5. The van der Waals surface area contributed by atoms with Crippen LogP contribution in [-0.4, -0.2) is 21.8 Å². The molecule has 1 N–H and O–H groups in total. The van der Waals surface area contributed by atoms with Crippen molar-refractivity contribution in [2.75, 3.05) is 7.11 Å². The molecule has 1 heterocycles. The van der Waals surface area contributed by atoms with E-state index in [1.165, 1.54) is 0 Å². The van der Waals surface area contributed by atoms with Crippen LogP contribution >= 0.6 is 0 Å². The van der Waals surface area contributed by atoms with E-state index in [-0.39, 0.29) is 0 Å². The number of para-hydroxylation sites is 2. The topological polar surface area (TPSA) is 47.3 Å². The molecular formula is C17H18N2O2. The zero-order valence-corrected chi connectivity index (χ0v) is 12.2. The fourth-order valence-corrected chi connectivity index (χ4v) is 2.60. The number of hydrogen-bond donors (Lipinski definition) is 1. The highest BCUT2D eigenvalue weighted by Crippen LogP contribution is 2.27. The molecular weight excluding hydrogens is 264 g/mol. The fourth-order valence-electron chi connectivity index (χ4n) is 2.60. The number of aliphatic hydroxyl groups is 1. The fraction of sp³-hybridized carbons (Fsp3) is 0.235. The quantitative estimate of drug-likeness (QED) is 0.799. The van der Waals surface area contributed by atoms with Gasteiger partial charge in [0.15, 0.2) is 0 Å². The summed E-state index contributed by atoms with van der Waals surface area (Å²) in [7, 11) is 1.62. The predicted octanol–water partition coefficient (Wildman–Crippen LogP) is 3.15. The lowest BCUT2D eigenvalue weighted by Crippen LogP contribution is -2.09. The number of fused-ring (bicyclic) bond motifs is 1. The molecule has 0 saturated carbocycles. The molecule has 1 aromatic heterocycles. The number of nitrogens with zero attached hydrogens (tertiary/aromatic N) is 2. The van der Waals surface area contributed by atoms with Gasteiger partial charge in [-0.25, -0.2) is 4.98 Å². The molecule has 0 aliphatic carbocycles. The second-order valence-corrected chi connectivity index (χ2v) is 4.88. The van der Waals surface area contributed by atoms with Crippen molar-refractivity contribution in [1.29, 1.82) is 0 Å². The molecule has 1 atom stereocenters. The van der Waals surface area contributed by atoms with E-state index in [0.29, 0.717) is 5.82 Å². The average Bonchev–Trinajstić information content (AvgIpc) is 2.92. The van der Waals surface area contributed by atoms with Crippen molar-refractivity contribution in [2.24, 2.45) is 0 Å². The maximum Gasteiger partial charge on any atom is 0.143 e. The Morgan fingerprint density at radius 2 is 2.00 bits per heavy atom. The number of hydrogen-bond acceptors (Lipinski definition) is 3. The summed E-state index contributed by atoms with van der Waals surface area (Å²) in [5.41, 5.74) is 2.72. The van der Waals surface area contributed by atoms with Gasteiger partial charge in [-0.2, -0.15) is 0 Å². The molecule has 4 nitrogen and oxygen atoms in total. The second-order valence-electron chi connectivity index (χ2n) is 4.88. The first-order valence-electron chi connectivity index (χ1n) is 7.01. The molecule has 0 aliphatic rings. The average molecular weight is 282 g/mol. The van der Waals surface area contributed by atoms with Gasteiger partial charge in [0.1, 0.15) is 17.7 Å². The van der Waals surface area contributed by atoms with Crippen molar-refractivity contribution < 1.29 is 9.84 Å². The van der Waals surface area contributed by atoms with Gasteiger partial charge in [0.05, 0.1) is 18.1 Å². The Labute approximate surface area is 123 Å². The summed E-state index contributed by atoms with van der Waals surface area (Å²) in [6, 6.07) is 15.4. The van der Waals surface area contributed by atoms with Gasteiger partial charge in [-0.3, -0.25) is 0 Å². The first kappa shape index (κ1) is 13.6. The minimum absolute atomic E-state index is 0.659. The van der Waals surface area contributed by atoms with Gasteiger partial charge in [-0.1, -0.05) is 24.3 Å². The third-order valence-corrected chi connectivity index (χ3v) is 3.65. The van der Waals surface area contributed by atoms with Gasteiger partial charge in [-0.05, 0) is 36.8 Å². The molecule has 0 radical (unpaired) electrons. The first-order valence-corrected chi connectivity index (χ1v) is 7.01. The molecule has 1 unspecified atom stereocenters. The zero-order chi connectivity index (χ0) is 14.8. The molecule has 21 heavy (non-hydrogen) atoms. The maximum atomic E-state index is 10.7. The monoisotopic (exact) mass is 282 g/mol. The highest BCUT2D eigenvalue weighted by Gasteiger charge is 2.19. The third kappa shape index (κ3) is 2.38. The van der Waals surface area contributed by atoms with Crippen molar-refractivity contribution in [2.45, 2.75) is 19.6 Å². The second kappa shape index (κ2) is 5.58. The minimum Gasteiger partial charge on any atom is -0.497 e. The standard InChI is InChI=1S/C17H18N2O2/c1-3-19-15-10-5-4-9-14(15)18-17(19)16(20)12-7-6-8-13(11-12)21-2/h4-11,16,20H,3H2,1-2H3. The van der Waals surface area contributed by atoms with Crippen molar-refractivity contribution in [1.82, 2.24) is 9.55 Å². The Morgan fingerprint density at radius 1 is 1.19 bits per heavy atom. The first-order chi connectivity index (χ1) is 10.2. The summed E-state index contributed by atoms with van der Waals surface area (Å²) in [5.74, 6) is 1.39. The van der Waals surface area contributed by atoms with Gasteiger partial charge < -0.3 is 14.4 Å². The molecule has 0 spiro atoms. The third-order valence-electron chi connectivity index (χ3n) is 3.65. The van der Waals surface area contributed by atoms with Gasteiger partial charge in [0.25, 0.3) is 0 Å². The number of benzene rings is 2. The van der Waals surface area contributed by atoms with Crippen molar-refractivity contribution >= 4 is 11.0 Å². The molecule has 2 aromatic carbocycles. The van der Waals surface area contributed by atoms with E-state index in [0.717, 1.165) is 28.9 Å². The van der Waals surface area contributed by atoms with Crippen molar-refractivity contribution in [3.63, 3.8) is 0 Å². The zero-order valence-electron chi connectivity index (χ0n) is 12.2. The van der Waals surface area contributed by atoms with Crippen molar-refractivity contribution in [3.05, 3.63) is 59.9 Å². The smallest absolute Gasteiger partial charge is 0.143 e. The van der Waals surface area contributed by atoms with Crippen LogP contribution in [0.15, 0.2) is 48.5 Å². The number of aliphatic hydroxyl groups excluding tert-OH is 1. The van der Waals surface area contributed by atoms with Crippen LogP contribution in [-0.2, 0) is 6.54 Å². The highest BCUT2D eigenvalue weighted by atomic mass is 16.5. The molecule has 108 valence electrons. The molecule has 0 amide bonds. The Kier molecular flexibility index (Phi) is 3.62. The molecule has 3 aromatic rings. The van der Waals surface area contributed by atoms with E-state index >= 15 is 0 Å². The van der Waals surface area contributed by atoms with Crippen molar-refractivity contribution in [3.8, 4) is 5.75 Å². The largest absolute Gasteiger partial charge is 0.497 e.